The van der Waals surface area contributed by atoms with Crippen LogP contribution in [0.4, 0.5) is 0 Å². The van der Waals surface area contributed by atoms with Gasteiger partial charge in [-0.1, -0.05) is 13.8 Å². The molecule has 0 bridgehead atoms. The molecule has 0 unspecified atom stereocenters. The first-order valence-corrected chi connectivity index (χ1v) is 9.07. The first-order valence-electron chi connectivity index (χ1n) is 5.35. The van der Waals surface area contributed by atoms with Gasteiger partial charge in [-0.3, -0.25) is 0 Å². The summed E-state index contributed by atoms with van der Waals surface area (Å²) in [6.45, 7) is 3.62. The van der Waals surface area contributed by atoms with E-state index in [-0.39, 0.29) is 13.2 Å². The fourth-order valence-electron chi connectivity index (χ4n) is 1.37. The Bertz CT molecular complexity index is 414. The molecular formula is C9H21NO5S2. The van der Waals surface area contributed by atoms with Crippen molar-refractivity contribution in [1.82, 2.24) is 4.72 Å². The molecule has 0 fully saturated rings. The van der Waals surface area contributed by atoms with Gasteiger partial charge in [0.05, 0.1) is 0 Å². The number of sulfone groups is 1. The molecule has 0 aromatic heterocycles. The average Bonchev–Trinajstić information content (AvgIpc) is 2.17. The minimum atomic E-state index is -3.85. The van der Waals surface area contributed by atoms with Crippen LogP contribution in [0, 0.1) is 5.41 Å². The maximum Gasteiger partial charge on any atom is 0.226 e. The van der Waals surface area contributed by atoms with Gasteiger partial charge in [0.15, 0.2) is 14.9 Å². The first kappa shape index (κ1) is 16.8. The smallest absolute Gasteiger partial charge is 0.226 e. The normalized spacial score (nSPS) is 13.9. The molecule has 0 rings (SSSR count). The van der Waals surface area contributed by atoms with E-state index in [1.54, 1.807) is 0 Å². The number of aliphatic hydroxyl groups is 1. The van der Waals surface area contributed by atoms with Crippen LogP contribution in [0.2, 0.25) is 0 Å². The number of aliphatic hydroxyl groups excluding tert-OH is 1. The molecule has 0 aliphatic heterocycles. The summed E-state index contributed by atoms with van der Waals surface area (Å²) < 4.78 is 47.0. The van der Waals surface area contributed by atoms with Crippen molar-refractivity contribution in [2.24, 2.45) is 5.41 Å². The van der Waals surface area contributed by atoms with E-state index in [2.05, 4.69) is 4.72 Å². The summed E-state index contributed by atoms with van der Waals surface area (Å²) in [7, 11) is -7.43. The van der Waals surface area contributed by atoms with E-state index >= 15 is 0 Å². The van der Waals surface area contributed by atoms with Gasteiger partial charge in [0.1, 0.15) is 0 Å². The van der Waals surface area contributed by atoms with E-state index in [9.17, 15) is 21.9 Å². The summed E-state index contributed by atoms with van der Waals surface area (Å²) in [6.07, 6.45) is 2.09. The van der Waals surface area contributed by atoms with Crippen molar-refractivity contribution in [3.05, 3.63) is 0 Å². The van der Waals surface area contributed by atoms with E-state index in [1.807, 2.05) is 13.8 Å². The third-order valence-corrected chi connectivity index (χ3v) is 6.41. The zero-order valence-corrected chi connectivity index (χ0v) is 12.1. The Morgan fingerprint density at radius 3 is 1.88 bits per heavy atom. The van der Waals surface area contributed by atoms with E-state index in [1.165, 1.54) is 0 Å². The number of nitrogens with one attached hydrogen (secondary N) is 1. The molecular weight excluding hydrogens is 266 g/mol. The van der Waals surface area contributed by atoms with Gasteiger partial charge in [0.25, 0.3) is 0 Å². The number of hydrogen-bond acceptors (Lipinski definition) is 5. The molecule has 8 heteroatoms. The predicted octanol–water partition coefficient (Wildman–Crippen LogP) is -0.293. The highest BCUT2D eigenvalue weighted by molar-refractivity contribution is 8.06. The third-order valence-electron chi connectivity index (χ3n) is 2.87. The van der Waals surface area contributed by atoms with Crippen molar-refractivity contribution < 1.29 is 21.9 Å². The topological polar surface area (TPSA) is 101 Å². The van der Waals surface area contributed by atoms with Gasteiger partial charge in [0, 0.05) is 24.8 Å². The van der Waals surface area contributed by atoms with Gasteiger partial charge in [-0.05, 0) is 12.8 Å². The van der Waals surface area contributed by atoms with Crippen LogP contribution in [0.5, 0.6) is 0 Å². The van der Waals surface area contributed by atoms with Gasteiger partial charge >= 0.3 is 0 Å². The maximum absolute atomic E-state index is 11.5. The second-order valence-electron chi connectivity index (χ2n) is 4.34. The average molecular weight is 287 g/mol. The van der Waals surface area contributed by atoms with E-state index < -0.39 is 30.4 Å². The van der Waals surface area contributed by atoms with E-state index in [0.29, 0.717) is 12.8 Å². The second kappa shape index (κ2) is 6.12. The Labute approximate surface area is 103 Å². The molecule has 0 heterocycles. The highest BCUT2D eigenvalue weighted by Crippen LogP contribution is 2.24. The summed E-state index contributed by atoms with van der Waals surface area (Å²) in [4.78, 5) is 0. The molecule has 2 N–H and O–H groups in total. The molecule has 0 saturated heterocycles. The van der Waals surface area contributed by atoms with Crippen LogP contribution in [0.1, 0.15) is 26.7 Å². The van der Waals surface area contributed by atoms with Crippen LogP contribution >= 0.6 is 0 Å². The highest BCUT2D eigenvalue weighted by Gasteiger charge is 2.28. The van der Waals surface area contributed by atoms with Gasteiger partial charge in [-0.2, -0.15) is 0 Å². The predicted molar refractivity (Wildman–Crippen MR) is 66.7 cm³/mol. The second-order valence-corrected chi connectivity index (χ2v) is 8.66. The lowest BCUT2D eigenvalue weighted by Gasteiger charge is -2.29. The summed E-state index contributed by atoms with van der Waals surface area (Å²) >= 11 is 0. The van der Waals surface area contributed by atoms with Crippen LogP contribution in [0.3, 0.4) is 0 Å². The van der Waals surface area contributed by atoms with Gasteiger partial charge in [0.2, 0.25) is 10.0 Å². The first-order chi connectivity index (χ1) is 7.60. The fourth-order valence-corrected chi connectivity index (χ4v) is 4.48. The third kappa shape index (κ3) is 6.35. The van der Waals surface area contributed by atoms with Crippen LogP contribution in [0.25, 0.3) is 0 Å². The van der Waals surface area contributed by atoms with Crippen LogP contribution in [-0.4, -0.2) is 46.4 Å². The molecule has 0 spiro atoms. The van der Waals surface area contributed by atoms with Gasteiger partial charge in [-0.15, -0.1) is 0 Å². The molecule has 6 nitrogen and oxygen atoms in total. The zero-order valence-electron chi connectivity index (χ0n) is 10.4. The van der Waals surface area contributed by atoms with Gasteiger partial charge < -0.3 is 5.11 Å². The molecule has 17 heavy (non-hydrogen) atoms. The Kier molecular flexibility index (Phi) is 6.06. The Hall–Kier alpha value is -0.180. The Morgan fingerprint density at radius 2 is 1.59 bits per heavy atom. The fraction of sp³-hybridized carbons (Fsp3) is 1.00. The number of rotatable bonds is 8. The van der Waals surface area contributed by atoms with E-state index in [4.69, 9.17) is 0 Å². The SMILES string of the molecule is CCC(CC)(CO)CNS(=O)(=O)CS(C)(=O)=O. The molecule has 0 atom stereocenters. The van der Waals surface area contributed by atoms with Crippen molar-refractivity contribution in [2.75, 3.05) is 24.5 Å². The summed E-state index contributed by atoms with van der Waals surface area (Å²) in [6, 6.07) is 0. The van der Waals surface area contributed by atoms with Crippen LogP contribution < -0.4 is 4.72 Å². The quantitative estimate of drug-likeness (QED) is 0.639. The highest BCUT2D eigenvalue weighted by atomic mass is 32.3. The Balaban J connectivity index is 4.66. The minimum absolute atomic E-state index is 0.0500. The molecule has 0 aromatic carbocycles. The van der Waals surface area contributed by atoms with Crippen LogP contribution in [0.15, 0.2) is 0 Å². The molecule has 0 aliphatic carbocycles. The van der Waals surface area contributed by atoms with Crippen molar-refractivity contribution in [3.8, 4) is 0 Å². The van der Waals surface area contributed by atoms with Gasteiger partial charge in [-0.25, -0.2) is 21.6 Å². The summed E-state index contributed by atoms with van der Waals surface area (Å²) in [5.41, 5.74) is -0.523. The summed E-state index contributed by atoms with van der Waals surface area (Å²) in [5, 5.41) is 8.33. The standard InChI is InChI=1S/C9H21NO5S2/c1-4-9(5-2,7-11)6-10-17(14,15)8-16(3,12)13/h10-11H,4-8H2,1-3H3. The van der Waals surface area contributed by atoms with Crippen molar-refractivity contribution in [3.63, 3.8) is 0 Å². The monoisotopic (exact) mass is 287 g/mol. The molecule has 0 radical (unpaired) electrons. The molecule has 0 amide bonds. The lowest BCUT2D eigenvalue weighted by molar-refractivity contribution is 0.119. The number of sulfonamides is 1. The molecule has 0 saturated carbocycles. The maximum atomic E-state index is 11.5. The summed E-state index contributed by atoms with van der Waals surface area (Å²) in [5.74, 6) is 0. The lowest BCUT2D eigenvalue weighted by atomic mass is 9.84. The Morgan fingerprint density at radius 1 is 1.12 bits per heavy atom. The van der Waals surface area contributed by atoms with E-state index in [0.717, 1.165) is 6.26 Å². The minimum Gasteiger partial charge on any atom is -0.396 e. The number of hydrogen-bond donors (Lipinski definition) is 2. The van der Waals surface area contributed by atoms with Crippen molar-refractivity contribution >= 4 is 19.9 Å². The molecule has 0 aliphatic rings. The lowest BCUT2D eigenvalue weighted by Crippen LogP contribution is -2.41. The zero-order chi connectivity index (χ0) is 13.7. The molecule has 104 valence electrons. The largest absolute Gasteiger partial charge is 0.396 e. The molecule has 0 aromatic rings. The van der Waals surface area contributed by atoms with Crippen molar-refractivity contribution in [1.29, 1.82) is 0 Å². The van der Waals surface area contributed by atoms with Crippen LogP contribution in [-0.2, 0) is 19.9 Å². The van der Waals surface area contributed by atoms with Crippen molar-refractivity contribution in [2.45, 2.75) is 26.7 Å².